The number of rotatable bonds is 6. The highest BCUT2D eigenvalue weighted by Gasteiger charge is 2.07. The third-order valence-corrected chi connectivity index (χ3v) is 4.25. The molecule has 0 saturated carbocycles. The lowest BCUT2D eigenvalue weighted by atomic mass is 10.1. The molecule has 3 rings (SSSR count). The van der Waals surface area contributed by atoms with Crippen LogP contribution in [-0.2, 0) is 20.0 Å². The van der Waals surface area contributed by atoms with Crippen molar-refractivity contribution in [3.8, 4) is 0 Å². The first-order valence-electron chi connectivity index (χ1n) is 8.85. The average Bonchev–Trinajstić information content (AvgIpc) is 2.97. The summed E-state index contributed by atoms with van der Waals surface area (Å²) in [6, 6.07) is 14.9. The fraction of sp³-hybridized carbons (Fsp3) is 0.300. The van der Waals surface area contributed by atoms with Gasteiger partial charge in [-0.3, -0.25) is 0 Å². The van der Waals surface area contributed by atoms with Gasteiger partial charge in [-0.25, -0.2) is 14.4 Å². The van der Waals surface area contributed by atoms with Gasteiger partial charge in [0.1, 0.15) is 18.2 Å². The summed E-state index contributed by atoms with van der Waals surface area (Å²) in [6.45, 7) is 3.85. The molecule has 0 aliphatic carbocycles. The smallest absolute Gasteiger partial charge is 0.191 e. The van der Waals surface area contributed by atoms with Crippen molar-refractivity contribution >= 4 is 41.0 Å². The second-order valence-corrected chi connectivity index (χ2v) is 6.04. The van der Waals surface area contributed by atoms with E-state index < -0.39 is 0 Å². The molecule has 1 aromatic heterocycles. The summed E-state index contributed by atoms with van der Waals surface area (Å²) in [5, 5.41) is 6.47. The molecule has 27 heavy (non-hydrogen) atoms. The first-order chi connectivity index (χ1) is 12.7. The molecule has 0 radical (unpaired) electrons. The van der Waals surface area contributed by atoms with Gasteiger partial charge in [-0.05, 0) is 37.1 Å². The molecule has 0 unspecified atom stereocenters. The van der Waals surface area contributed by atoms with Crippen molar-refractivity contribution in [2.45, 2.75) is 19.9 Å². The molecule has 2 N–H and O–H groups in total. The highest BCUT2D eigenvalue weighted by Crippen LogP contribution is 2.14. The van der Waals surface area contributed by atoms with Crippen LogP contribution in [0.2, 0.25) is 0 Å². The number of hydrogen-bond acceptors (Lipinski definition) is 2. The number of guanidine groups is 1. The Bertz CT molecular complexity index is 906. The first kappa shape index (κ1) is 21.1. The number of nitrogens with one attached hydrogen (secondary N) is 2. The zero-order valence-electron chi connectivity index (χ0n) is 15.6. The highest BCUT2D eigenvalue weighted by molar-refractivity contribution is 14.0. The minimum Gasteiger partial charge on any atom is -0.357 e. The van der Waals surface area contributed by atoms with E-state index in [0.717, 1.165) is 23.4 Å². The largest absolute Gasteiger partial charge is 0.357 e. The molecule has 0 saturated heterocycles. The Morgan fingerprint density at radius 1 is 1.11 bits per heavy atom. The normalized spacial score (nSPS) is 11.3. The van der Waals surface area contributed by atoms with Gasteiger partial charge in [0.2, 0.25) is 0 Å². The molecular weight excluding hydrogens is 456 g/mol. The maximum atomic E-state index is 13.7. The molecular formula is C20H25FIN5. The standard InChI is InChI=1S/C20H24FN5.HI/c1-3-22-20(23-13-12-15-8-4-5-9-16(15)21)24-14-19-25-17-10-6-7-11-18(17)26(19)2;/h4-11H,3,12-14H2,1-2H3,(H2,22,23,24);1H. The number of nitrogens with zero attached hydrogens (tertiary/aromatic N) is 3. The van der Waals surface area contributed by atoms with Crippen LogP contribution in [0.5, 0.6) is 0 Å². The summed E-state index contributed by atoms with van der Waals surface area (Å²) in [4.78, 5) is 9.25. The second kappa shape index (κ2) is 10.2. The van der Waals surface area contributed by atoms with E-state index >= 15 is 0 Å². The van der Waals surface area contributed by atoms with E-state index in [-0.39, 0.29) is 29.8 Å². The lowest BCUT2D eigenvalue weighted by Crippen LogP contribution is -2.38. The Hall–Kier alpha value is -2.16. The van der Waals surface area contributed by atoms with Crippen molar-refractivity contribution in [2.24, 2.45) is 12.0 Å². The number of aromatic nitrogens is 2. The van der Waals surface area contributed by atoms with Gasteiger partial charge < -0.3 is 15.2 Å². The van der Waals surface area contributed by atoms with Gasteiger partial charge in [0.05, 0.1) is 11.0 Å². The van der Waals surface area contributed by atoms with E-state index in [1.54, 1.807) is 12.1 Å². The lowest BCUT2D eigenvalue weighted by Gasteiger charge is -2.11. The summed E-state index contributed by atoms with van der Waals surface area (Å²) in [7, 11) is 2.00. The summed E-state index contributed by atoms with van der Waals surface area (Å²) in [6.07, 6.45) is 0.601. The Kier molecular flexibility index (Phi) is 8.02. The predicted octanol–water partition coefficient (Wildman–Crippen LogP) is 3.63. The molecule has 3 aromatic rings. The van der Waals surface area contributed by atoms with Crippen molar-refractivity contribution in [1.29, 1.82) is 0 Å². The van der Waals surface area contributed by atoms with Crippen molar-refractivity contribution in [3.05, 3.63) is 65.7 Å². The predicted molar refractivity (Wildman–Crippen MR) is 119 cm³/mol. The van der Waals surface area contributed by atoms with Crippen LogP contribution >= 0.6 is 24.0 Å². The molecule has 0 bridgehead atoms. The number of benzene rings is 2. The van der Waals surface area contributed by atoms with Crippen LogP contribution in [0.4, 0.5) is 4.39 Å². The summed E-state index contributed by atoms with van der Waals surface area (Å²) >= 11 is 0. The van der Waals surface area contributed by atoms with Gasteiger partial charge in [0, 0.05) is 20.1 Å². The first-order valence-corrected chi connectivity index (χ1v) is 8.85. The van der Waals surface area contributed by atoms with Gasteiger partial charge in [0.25, 0.3) is 0 Å². The van der Waals surface area contributed by atoms with Crippen LogP contribution in [0, 0.1) is 5.82 Å². The van der Waals surface area contributed by atoms with Crippen LogP contribution in [0.3, 0.4) is 0 Å². The van der Waals surface area contributed by atoms with Crippen LogP contribution < -0.4 is 10.6 Å². The number of fused-ring (bicyclic) bond motifs is 1. The summed E-state index contributed by atoms with van der Waals surface area (Å²) in [5.74, 6) is 1.43. The molecule has 0 amide bonds. The van der Waals surface area contributed by atoms with E-state index in [1.807, 2.05) is 44.3 Å². The average molecular weight is 481 g/mol. The van der Waals surface area contributed by atoms with Crippen molar-refractivity contribution in [3.63, 3.8) is 0 Å². The van der Waals surface area contributed by atoms with Gasteiger partial charge in [-0.15, -0.1) is 24.0 Å². The fourth-order valence-corrected chi connectivity index (χ4v) is 2.85. The van der Waals surface area contributed by atoms with E-state index in [4.69, 9.17) is 0 Å². The van der Waals surface area contributed by atoms with Crippen LogP contribution in [-0.4, -0.2) is 28.6 Å². The fourth-order valence-electron chi connectivity index (χ4n) is 2.85. The zero-order chi connectivity index (χ0) is 18.4. The van der Waals surface area contributed by atoms with Gasteiger partial charge in [-0.1, -0.05) is 30.3 Å². The zero-order valence-corrected chi connectivity index (χ0v) is 17.9. The highest BCUT2D eigenvalue weighted by atomic mass is 127. The SMILES string of the molecule is CCNC(=NCc1nc2ccccc2n1C)NCCc1ccccc1F.I. The lowest BCUT2D eigenvalue weighted by molar-refractivity contribution is 0.606. The third-order valence-electron chi connectivity index (χ3n) is 4.25. The molecule has 0 aliphatic rings. The maximum absolute atomic E-state index is 13.7. The molecule has 7 heteroatoms. The van der Waals surface area contributed by atoms with Crippen molar-refractivity contribution in [2.75, 3.05) is 13.1 Å². The molecule has 144 valence electrons. The number of hydrogen-bond donors (Lipinski definition) is 2. The monoisotopic (exact) mass is 481 g/mol. The van der Waals surface area contributed by atoms with Crippen molar-refractivity contribution in [1.82, 2.24) is 20.2 Å². The minimum atomic E-state index is -0.170. The van der Waals surface area contributed by atoms with E-state index in [1.165, 1.54) is 6.07 Å². The van der Waals surface area contributed by atoms with Gasteiger partial charge in [-0.2, -0.15) is 0 Å². The number of imidazole rings is 1. The van der Waals surface area contributed by atoms with E-state index in [2.05, 4.69) is 25.2 Å². The molecule has 5 nitrogen and oxygen atoms in total. The Balaban J connectivity index is 0.00000261. The molecule has 0 fully saturated rings. The number of halogens is 2. The van der Waals surface area contributed by atoms with Crippen LogP contribution in [0.15, 0.2) is 53.5 Å². The number of aliphatic imine (C=N–C) groups is 1. The quantitative estimate of drug-likeness (QED) is 0.321. The van der Waals surface area contributed by atoms with Gasteiger partial charge in [0.15, 0.2) is 5.96 Å². The van der Waals surface area contributed by atoms with Crippen molar-refractivity contribution < 1.29 is 4.39 Å². The summed E-state index contributed by atoms with van der Waals surface area (Å²) in [5.41, 5.74) is 2.76. The number of aryl methyl sites for hydroxylation is 1. The topological polar surface area (TPSA) is 54.2 Å². The second-order valence-electron chi connectivity index (χ2n) is 6.04. The van der Waals surface area contributed by atoms with Gasteiger partial charge >= 0.3 is 0 Å². The molecule has 0 atom stereocenters. The molecule has 1 heterocycles. The molecule has 0 spiro atoms. The minimum absolute atomic E-state index is 0. The Labute approximate surface area is 176 Å². The van der Waals surface area contributed by atoms with E-state index in [0.29, 0.717) is 31.0 Å². The van der Waals surface area contributed by atoms with E-state index in [9.17, 15) is 4.39 Å². The van der Waals surface area contributed by atoms with Crippen LogP contribution in [0.25, 0.3) is 11.0 Å². The molecule has 0 aliphatic heterocycles. The maximum Gasteiger partial charge on any atom is 0.191 e. The molecule has 2 aromatic carbocycles. The summed E-state index contributed by atoms with van der Waals surface area (Å²) < 4.78 is 15.7. The Morgan fingerprint density at radius 2 is 1.85 bits per heavy atom. The Morgan fingerprint density at radius 3 is 2.59 bits per heavy atom. The number of para-hydroxylation sites is 2. The third kappa shape index (κ3) is 5.41. The van der Waals surface area contributed by atoms with Crippen LogP contribution in [0.1, 0.15) is 18.3 Å².